The highest BCUT2D eigenvalue weighted by atomic mass is 16.5. The van der Waals surface area contributed by atoms with Crippen LogP contribution < -0.4 is 10.2 Å². The van der Waals surface area contributed by atoms with Crippen LogP contribution in [0.25, 0.3) is 11.3 Å². The summed E-state index contributed by atoms with van der Waals surface area (Å²) in [5.74, 6) is 0.227. The number of carboxylic acid groups (broad SMARTS) is 1. The van der Waals surface area contributed by atoms with Crippen molar-refractivity contribution in [2.24, 2.45) is 5.41 Å². The molecule has 4 rings (SSSR count). The summed E-state index contributed by atoms with van der Waals surface area (Å²) in [6, 6.07) is 5.88. The Morgan fingerprint density at radius 2 is 1.94 bits per heavy atom. The van der Waals surface area contributed by atoms with Crippen LogP contribution in [0.2, 0.25) is 0 Å². The smallest absolute Gasteiger partial charge is 0.341 e. The van der Waals surface area contributed by atoms with Gasteiger partial charge >= 0.3 is 5.97 Å². The summed E-state index contributed by atoms with van der Waals surface area (Å²) in [7, 11) is 1.69. The Morgan fingerprint density at radius 3 is 2.53 bits per heavy atom. The second-order valence-corrected chi connectivity index (χ2v) is 10.1. The lowest BCUT2D eigenvalue weighted by Crippen LogP contribution is -2.33. The molecular weight excluding hydrogens is 406 g/mol. The number of hydrogen-bond acceptors (Lipinski definition) is 4. The maximum atomic E-state index is 12.6. The molecule has 0 saturated heterocycles. The van der Waals surface area contributed by atoms with E-state index < -0.39 is 11.4 Å². The van der Waals surface area contributed by atoms with Crippen molar-refractivity contribution < 1.29 is 19.4 Å². The van der Waals surface area contributed by atoms with Gasteiger partial charge in [0.05, 0.1) is 12.3 Å². The fraction of sp³-hybridized carbons (Fsp3) is 0.538. The molecule has 2 aromatic rings. The summed E-state index contributed by atoms with van der Waals surface area (Å²) in [5.41, 5.74) is 3.42. The number of nitrogens with zero attached hydrogens (tertiary/aromatic N) is 1. The van der Waals surface area contributed by atoms with Crippen LogP contribution in [0, 0.1) is 5.41 Å². The number of aromatic nitrogens is 1. The van der Waals surface area contributed by atoms with E-state index in [4.69, 9.17) is 9.47 Å². The van der Waals surface area contributed by atoms with E-state index >= 15 is 0 Å². The molecule has 32 heavy (non-hydrogen) atoms. The zero-order valence-corrected chi connectivity index (χ0v) is 19.4. The molecule has 6 nitrogen and oxygen atoms in total. The molecule has 1 aliphatic carbocycles. The van der Waals surface area contributed by atoms with Gasteiger partial charge in [0.25, 0.3) is 0 Å². The SMILES string of the molecule is COCCCOc1cc2c(cc1C1CCC1)-c1cc(=O)c(C(=O)O)cn1[C@H](C(C)(C)C)C2. The first-order valence-electron chi connectivity index (χ1n) is 11.5. The van der Waals surface area contributed by atoms with Gasteiger partial charge in [-0.2, -0.15) is 0 Å². The fourth-order valence-electron chi connectivity index (χ4n) is 4.81. The molecule has 1 saturated carbocycles. The van der Waals surface area contributed by atoms with Crippen molar-refractivity contribution >= 4 is 5.97 Å². The van der Waals surface area contributed by atoms with Crippen molar-refractivity contribution in [3.8, 4) is 17.0 Å². The van der Waals surface area contributed by atoms with Crippen LogP contribution in [0.1, 0.15) is 79.9 Å². The van der Waals surface area contributed by atoms with Crippen LogP contribution in [-0.2, 0) is 11.2 Å². The third-order valence-electron chi connectivity index (χ3n) is 6.87. The molecule has 1 N–H and O–H groups in total. The Labute approximate surface area is 189 Å². The number of fused-ring (bicyclic) bond motifs is 3. The Hall–Kier alpha value is -2.60. The van der Waals surface area contributed by atoms with Crippen molar-refractivity contribution in [2.45, 2.75) is 64.8 Å². The number of benzene rings is 1. The number of hydrogen-bond donors (Lipinski definition) is 1. The fourth-order valence-corrected chi connectivity index (χ4v) is 4.81. The highest BCUT2D eigenvalue weighted by Crippen LogP contribution is 2.48. The van der Waals surface area contributed by atoms with Crippen molar-refractivity contribution in [1.29, 1.82) is 0 Å². The molecule has 1 aliphatic heterocycles. The van der Waals surface area contributed by atoms with Gasteiger partial charge in [-0.05, 0) is 53.9 Å². The first-order chi connectivity index (χ1) is 15.2. The predicted molar refractivity (Wildman–Crippen MR) is 124 cm³/mol. The Kier molecular flexibility index (Phi) is 6.17. The summed E-state index contributed by atoms with van der Waals surface area (Å²) in [6.45, 7) is 7.71. The minimum atomic E-state index is -1.18. The number of pyridine rings is 1. The summed E-state index contributed by atoms with van der Waals surface area (Å²) >= 11 is 0. The van der Waals surface area contributed by atoms with Crippen LogP contribution in [0.5, 0.6) is 5.75 Å². The van der Waals surface area contributed by atoms with Gasteiger partial charge in [0.15, 0.2) is 5.43 Å². The summed E-state index contributed by atoms with van der Waals surface area (Å²) in [5, 5.41) is 9.53. The van der Waals surface area contributed by atoms with E-state index in [2.05, 4.69) is 32.9 Å². The minimum absolute atomic E-state index is 0.0274. The third kappa shape index (κ3) is 4.20. The number of ether oxygens (including phenoxy) is 2. The van der Waals surface area contributed by atoms with Gasteiger partial charge in [0.1, 0.15) is 11.3 Å². The zero-order valence-electron chi connectivity index (χ0n) is 19.4. The second kappa shape index (κ2) is 8.74. The lowest BCUT2D eigenvalue weighted by molar-refractivity contribution is 0.0693. The van der Waals surface area contributed by atoms with E-state index in [-0.39, 0.29) is 17.0 Å². The highest BCUT2D eigenvalue weighted by Gasteiger charge is 2.35. The van der Waals surface area contributed by atoms with Crippen molar-refractivity contribution in [1.82, 2.24) is 4.57 Å². The van der Waals surface area contributed by atoms with Crippen LogP contribution in [0.3, 0.4) is 0 Å². The maximum Gasteiger partial charge on any atom is 0.341 e. The molecule has 172 valence electrons. The molecule has 1 aromatic heterocycles. The average Bonchev–Trinajstić information content (AvgIpc) is 2.68. The number of methoxy groups -OCH3 is 1. The van der Waals surface area contributed by atoms with E-state index in [1.165, 1.54) is 24.2 Å². The van der Waals surface area contributed by atoms with Gasteiger partial charge in [-0.25, -0.2) is 4.79 Å². The average molecular weight is 440 g/mol. The highest BCUT2D eigenvalue weighted by molar-refractivity contribution is 5.87. The van der Waals surface area contributed by atoms with Gasteiger partial charge in [0.2, 0.25) is 0 Å². The molecule has 0 bridgehead atoms. The maximum absolute atomic E-state index is 12.6. The predicted octanol–water partition coefficient (Wildman–Crippen LogP) is 5.04. The van der Waals surface area contributed by atoms with Crippen LogP contribution in [0.4, 0.5) is 0 Å². The number of carbonyl (C=O) groups is 1. The van der Waals surface area contributed by atoms with Gasteiger partial charge in [-0.3, -0.25) is 4.79 Å². The molecular formula is C26H33NO5. The van der Waals surface area contributed by atoms with Gasteiger partial charge in [-0.1, -0.05) is 27.2 Å². The van der Waals surface area contributed by atoms with Gasteiger partial charge < -0.3 is 19.1 Å². The van der Waals surface area contributed by atoms with Gasteiger partial charge in [0, 0.05) is 44.0 Å². The quantitative estimate of drug-likeness (QED) is 0.612. The lowest BCUT2D eigenvalue weighted by atomic mass is 9.75. The first-order valence-corrected chi connectivity index (χ1v) is 11.5. The zero-order chi connectivity index (χ0) is 23.0. The number of carboxylic acids is 1. The molecule has 2 heterocycles. The minimum Gasteiger partial charge on any atom is -0.493 e. The van der Waals surface area contributed by atoms with E-state index in [9.17, 15) is 14.7 Å². The normalized spacial score (nSPS) is 17.9. The van der Waals surface area contributed by atoms with Gasteiger partial charge in [-0.15, -0.1) is 0 Å². The van der Waals surface area contributed by atoms with E-state index in [1.54, 1.807) is 7.11 Å². The van der Waals surface area contributed by atoms with Crippen LogP contribution in [-0.4, -0.2) is 36.0 Å². The molecule has 0 spiro atoms. The van der Waals surface area contributed by atoms with Crippen molar-refractivity contribution in [3.05, 3.63) is 51.3 Å². The summed E-state index contributed by atoms with van der Waals surface area (Å²) in [4.78, 5) is 24.3. The largest absolute Gasteiger partial charge is 0.493 e. The Bertz CT molecular complexity index is 1070. The van der Waals surface area contributed by atoms with Crippen molar-refractivity contribution in [2.75, 3.05) is 20.3 Å². The lowest BCUT2D eigenvalue weighted by Gasteiger charge is -2.40. The molecule has 2 aliphatic rings. The first kappa shape index (κ1) is 22.6. The molecule has 1 aromatic carbocycles. The molecule has 0 amide bonds. The molecule has 0 unspecified atom stereocenters. The molecule has 1 atom stereocenters. The van der Waals surface area contributed by atoms with E-state index in [0.29, 0.717) is 19.1 Å². The van der Waals surface area contributed by atoms with E-state index in [0.717, 1.165) is 48.3 Å². The Balaban J connectivity index is 1.85. The summed E-state index contributed by atoms with van der Waals surface area (Å²) < 4.78 is 13.4. The second-order valence-electron chi connectivity index (χ2n) is 10.1. The third-order valence-corrected chi connectivity index (χ3v) is 6.87. The van der Waals surface area contributed by atoms with Crippen molar-refractivity contribution in [3.63, 3.8) is 0 Å². The van der Waals surface area contributed by atoms with E-state index in [1.807, 2.05) is 4.57 Å². The molecule has 6 heteroatoms. The number of aromatic carboxylic acids is 1. The monoisotopic (exact) mass is 439 g/mol. The number of rotatable bonds is 7. The van der Waals surface area contributed by atoms with Crippen LogP contribution in [0.15, 0.2) is 29.2 Å². The summed E-state index contributed by atoms with van der Waals surface area (Å²) in [6.07, 6.45) is 6.63. The Morgan fingerprint density at radius 1 is 1.19 bits per heavy atom. The topological polar surface area (TPSA) is 77.8 Å². The molecule has 0 radical (unpaired) electrons. The molecule has 1 fully saturated rings. The standard InChI is InChI=1S/C26H33NO5/c1-26(2,3)24-12-17-11-23(32-10-6-9-31-4)19(16-7-5-8-16)13-18(17)21-14-22(28)20(25(29)30)15-27(21)24/h11,13-16,24H,5-10,12H2,1-4H3,(H,29,30)/t24-/m0/s1. The van der Waals surface area contributed by atoms with Crippen LogP contribution >= 0.6 is 0 Å².